The van der Waals surface area contributed by atoms with Gasteiger partial charge < -0.3 is 4.18 Å². The summed E-state index contributed by atoms with van der Waals surface area (Å²) in [6.45, 7) is 3.52. The van der Waals surface area contributed by atoms with Crippen molar-refractivity contribution >= 4 is 27.5 Å². The minimum Gasteiger partial charge on any atom is -0.357 e. The molecule has 0 aliphatic carbocycles. The monoisotopic (exact) mass is 401 g/mol. The maximum Gasteiger partial charge on any atom is 0.340 e. The minimum atomic E-state index is -4.14. The molecule has 138 valence electrons. The summed E-state index contributed by atoms with van der Waals surface area (Å²) >= 11 is 6.10. The van der Waals surface area contributed by atoms with Gasteiger partial charge in [-0.2, -0.15) is 8.42 Å². The maximum atomic E-state index is 12.9. The van der Waals surface area contributed by atoms with Crippen molar-refractivity contribution in [2.24, 2.45) is 0 Å². The van der Waals surface area contributed by atoms with Crippen LogP contribution in [0.4, 0.5) is 0 Å². The average Bonchev–Trinajstić information content (AvgIpc) is 2.62. The molecule has 1 aromatic heterocycles. The van der Waals surface area contributed by atoms with Crippen LogP contribution in [0.25, 0.3) is 0 Å². The first-order valence-electron chi connectivity index (χ1n) is 8.06. The molecule has 0 unspecified atom stereocenters. The Morgan fingerprint density at radius 1 is 0.926 bits per heavy atom. The fraction of sp³-hybridized carbons (Fsp3) is 0.100. The van der Waals surface area contributed by atoms with Gasteiger partial charge in [0.25, 0.3) is 0 Å². The number of pyridine rings is 1. The number of carbonyl (C=O) groups excluding carboxylic acids is 1. The fourth-order valence-corrected chi connectivity index (χ4v) is 3.54. The number of nitrogens with zero attached hydrogens (tertiary/aromatic N) is 1. The zero-order valence-corrected chi connectivity index (χ0v) is 16.2. The van der Waals surface area contributed by atoms with Crippen LogP contribution in [0.2, 0.25) is 5.02 Å². The van der Waals surface area contributed by atoms with E-state index < -0.39 is 15.9 Å². The molecule has 0 aliphatic heterocycles. The Kier molecular flexibility index (Phi) is 5.30. The molecule has 3 rings (SSSR count). The normalized spacial score (nSPS) is 11.2. The molecule has 0 amide bonds. The number of halogens is 1. The van der Waals surface area contributed by atoms with Crippen molar-refractivity contribution in [3.8, 4) is 5.88 Å². The molecule has 0 fully saturated rings. The second-order valence-corrected chi connectivity index (χ2v) is 7.92. The van der Waals surface area contributed by atoms with Gasteiger partial charge in [-0.1, -0.05) is 41.4 Å². The average molecular weight is 402 g/mol. The van der Waals surface area contributed by atoms with E-state index in [4.69, 9.17) is 15.8 Å². The van der Waals surface area contributed by atoms with Gasteiger partial charge >= 0.3 is 10.1 Å². The lowest BCUT2D eigenvalue weighted by molar-refractivity contribution is 0.103. The topological polar surface area (TPSA) is 73.3 Å². The van der Waals surface area contributed by atoms with Crippen LogP contribution in [0.3, 0.4) is 0 Å². The van der Waals surface area contributed by atoms with Crippen LogP contribution < -0.4 is 4.18 Å². The molecule has 0 bridgehead atoms. The zero-order chi connectivity index (χ0) is 19.6. The molecule has 0 radical (unpaired) electrons. The Hall–Kier alpha value is -2.70. The van der Waals surface area contributed by atoms with E-state index in [1.807, 2.05) is 6.92 Å². The SMILES string of the molecule is Cc1ccc(S(=O)(=O)Oc2nc(C)ccc2C(=O)c2ccccc2Cl)cc1. The number of hydrogen-bond acceptors (Lipinski definition) is 5. The van der Waals surface area contributed by atoms with Gasteiger partial charge in [0, 0.05) is 11.3 Å². The second-order valence-electron chi connectivity index (χ2n) is 5.96. The van der Waals surface area contributed by atoms with Gasteiger partial charge in [0.15, 0.2) is 5.78 Å². The van der Waals surface area contributed by atoms with Gasteiger partial charge in [-0.25, -0.2) is 4.98 Å². The van der Waals surface area contributed by atoms with E-state index in [0.717, 1.165) is 5.56 Å². The van der Waals surface area contributed by atoms with Gasteiger partial charge in [0.2, 0.25) is 5.88 Å². The highest BCUT2D eigenvalue weighted by Crippen LogP contribution is 2.26. The summed E-state index contributed by atoms with van der Waals surface area (Å²) in [5.74, 6) is -0.747. The molecule has 1 heterocycles. The van der Waals surface area contributed by atoms with Crippen LogP contribution in [-0.4, -0.2) is 19.2 Å². The summed E-state index contributed by atoms with van der Waals surface area (Å²) in [6.07, 6.45) is 0. The van der Waals surface area contributed by atoms with Crippen molar-refractivity contribution in [1.29, 1.82) is 0 Å². The highest BCUT2D eigenvalue weighted by molar-refractivity contribution is 7.87. The van der Waals surface area contributed by atoms with Gasteiger partial charge in [0.05, 0.1) is 10.6 Å². The predicted octanol–water partition coefficient (Wildman–Crippen LogP) is 4.35. The van der Waals surface area contributed by atoms with Crippen LogP contribution in [0.5, 0.6) is 5.88 Å². The number of benzene rings is 2. The Bertz CT molecular complexity index is 1110. The Balaban J connectivity index is 2.04. The van der Waals surface area contributed by atoms with E-state index in [0.29, 0.717) is 5.69 Å². The highest BCUT2D eigenvalue weighted by atomic mass is 35.5. The Morgan fingerprint density at radius 2 is 1.59 bits per heavy atom. The van der Waals surface area contributed by atoms with Crippen LogP contribution in [0.1, 0.15) is 27.2 Å². The van der Waals surface area contributed by atoms with Crippen molar-refractivity contribution in [3.05, 3.63) is 88.1 Å². The first-order chi connectivity index (χ1) is 12.8. The molecule has 7 heteroatoms. The number of carbonyl (C=O) groups is 1. The summed E-state index contributed by atoms with van der Waals surface area (Å²) in [6, 6.07) is 15.8. The lowest BCUT2D eigenvalue weighted by atomic mass is 10.0. The van der Waals surface area contributed by atoms with E-state index in [1.165, 1.54) is 18.2 Å². The lowest BCUT2D eigenvalue weighted by Gasteiger charge is -2.11. The second kappa shape index (κ2) is 7.50. The van der Waals surface area contributed by atoms with Crippen LogP contribution >= 0.6 is 11.6 Å². The van der Waals surface area contributed by atoms with Gasteiger partial charge in [-0.05, 0) is 50.2 Å². The number of aromatic nitrogens is 1. The molecule has 5 nitrogen and oxygen atoms in total. The lowest BCUT2D eigenvalue weighted by Crippen LogP contribution is -2.14. The van der Waals surface area contributed by atoms with Crippen molar-refractivity contribution < 1.29 is 17.4 Å². The molecule has 0 saturated heterocycles. The van der Waals surface area contributed by atoms with Crippen molar-refractivity contribution in [2.75, 3.05) is 0 Å². The van der Waals surface area contributed by atoms with Crippen LogP contribution in [0.15, 0.2) is 65.6 Å². The van der Waals surface area contributed by atoms with Crippen molar-refractivity contribution in [1.82, 2.24) is 4.98 Å². The predicted molar refractivity (Wildman–Crippen MR) is 103 cm³/mol. The molecule has 3 aromatic rings. The molecule has 0 saturated carbocycles. The van der Waals surface area contributed by atoms with E-state index in [9.17, 15) is 13.2 Å². The Morgan fingerprint density at radius 3 is 2.26 bits per heavy atom. The highest BCUT2D eigenvalue weighted by Gasteiger charge is 2.24. The first-order valence-corrected chi connectivity index (χ1v) is 9.84. The molecule has 0 atom stereocenters. The molecule has 0 spiro atoms. The molecular formula is C20H16ClNO4S. The molecule has 2 aromatic carbocycles. The summed E-state index contributed by atoms with van der Waals surface area (Å²) in [4.78, 5) is 17.0. The minimum absolute atomic E-state index is 0.0180. The standard InChI is InChI=1S/C20H16ClNO4S/c1-13-7-10-15(11-8-13)27(24,25)26-20-17(12-9-14(2)22-20)19(23)16-5-3-4-6-18(16)21/h3-12H,1-2H3. The quantitative estimate of drug-likeness (QED) is 0.469. The van der Waals surface area contributed by atoms with Gasteiger partial charge in [-0.3, -0.25) is 4.79 Å². The fourth-order valence-electron chi connectivity index (χ4n) is 2.42. The third kappa shape index (κ3) is 4.18. The Labute approximate surface area is 162 Å². The third-order valence-electron chi connectivity index (χ3n) is 3.86. The van der Waals surface area contributed by atoms with Gasteiger partial charge in [-0.15, -0.1) is 0 Å². The van der Waals surface area contributed by atoms with Crippen LogP contribution in [-0.2, 0) is 10.1 Å². The number of rotatable bonds is 5. The summed E-state index contributed by atoms with van der Waals surface area (Å²) < 4.78 is 30.4. The smallest absolute Gasteiger partial charge is 0.340 e. The van der Waals surface area contributed by atoms with Crippen LogP contribution in [0, 0.1) is 13.8 Å². The van der Waals surface area contributed by atoms with E-state index in [-0.39, 0.29) is 26.9 Å². The van der Waals surface area contributed by atoms with Gasteiger partial charge in [0.1, 0.15) is 4.90 Å². The van der Waals surface area contributed by atoms with Crippen molar-refractivity contribution in [3.63, 3.8) is 0 Å². The van der Waals surface area contributed by atoms with E-state index in [1.54, 1.807) is 49.4 Å². The number of ketones is 1. The molecular weight excluding hydrogens is 386 g/mol. The summed E-state index contributed by atoms with van der Waals surface area (Å²) in [5, 5.41) is 0.260. The van der Waals surface area contributed by atoms with E-state index in [2.05, 4.69) is 4.98 Å². The molecule has 27 heavy (non-hydrogen) atoms. The summed E-state index contributed by atoms with van der Waals surface area (Å²) in [5.41, 5.74) is 1.68. The number of hydrogen-bond donors (Lipinski definition) is 0. The maximum absolute atomic E-state index is 12.9. The zero-order valence-electron chi connectivity index (χ0n) is 14.6. The first kappa shape index (κ1) is 19.1. The molecule has 0 N–H and O–H groups in total. The summed E-state index contributed by atoms with van der Waals surface area (Å²) in [7, 11) is -4.14. The van der Waals surface area contributed by atoms with Crippen molar-refractivity contribution in [2.45, 2.75) is 18.7 Å². The molecule has 0 aliphatic rings. The third-order valence-corrected chi connectivity index (χ3v) is 5.42. The van der Waals surface area contributed by atoms with E-state index >= 15 is 0 Å². The number of aryl methyl sites for hydroxylation is 2. The largest absolute Gasteiger partial charge is 0.357 e.